The number of amides is 1. The molecule has 10 nitrogen and oxygen atoms in total. The van der Waals surface area contributed by atoms with Gasteiger partial charge in [0.15, 0.2) is 17.3 Å². The first-order valence-electron chi connectivity index (χ1n) is 11.9. The van der Waals surface area contributed by atoms with Crippen LogP contribution in [0.5, 0.6) is 17.4 Å². The number of ether oxygens (including phenoxy) is 4. The molecule has 36 heavy (non-hydrogen) atoms. The number of fused-ring (bicyclic) bond motifs is 2. The third-order valence-corrected chi connectivity index (χ3v) is 6.68. The molecule has 5 heterocycles. The Morgan fingerprint density at radius 3 is 2.89 bits per heavy atom. The Labute approximate surface area is 206 Å². The van der Waals surface area contributed by atoms with Crippen molar-refractivity contribution in [3.63, 3.8) is 0 Å². The highest BCUT2D eigenvalue weighted by Gasteiger charge is 2.34. The average Bonchev–Trinajstić information content (AvgIpc) is 3.53. The molecular formula is C25H26FN5O5. The first-order chi connectivity index (χ1) is 17.6. The summed E-state index contributed by atoms with van der Waals surface area (Å²) >= 11 is 0. The van der Waals surface area contributed by atoms with Crippen molar-refractivity contribution in [1.29, 1.82) is 0 Å². The fourth-order valence-corrected chi connectivity index (χ4v) is 4.89. The van der Waals surface area contributed by atoms with Crippen molar-refractivity contribution in [2.75, 3.05) is 56.3 Å². The minimum absolute atomic E-state index is 0.111. The molecule has 3 aliphatic heterocycles. The molecule has 1 aromatic carbocycles. The van der Waals surface area contributed by atoms with Gasteiger partial charge in [0.25, 0.3) is 0 Å². The molecule has 11 heteroatoms. The van der Waals surface area contributed by atoms with Gasteiger partial charge in [-0.1, -0.05) is 0 Å². The van der Waals surface area contributed by atoms with Gasteiger partial charge in [-0.2, -0.15) is 0 Å². The SMILES string of the molecule is COc1ccc2ncc(F)c(N3CC[C@H](NC[C@@H]4CN(c5ccc6c(c5)OCCO6)C(=O)O4)C3)c2n1. The van der Waals surface area contributed by atoms with Crippen molar-refractivity contribution in [1.82, 2.24) is 15.3 Å². The van der Waals surface area contributed by atoms with Crippen molar-refractivity contribution in [3.8, 4) is 17.4 Å². The van der Waals surface area contributed by atoms with Crippen LogP contribution >= 0.6 is 0 Å². The van der Waals surface area contributed by atoms with Gasteiger partial charge in [-0.15, -0.1) is 0 Å². The molecule has 0 spiro atoms. The minimum atomic E-state index is -0.413. The van der Waals surface area contributed by atoms with Crippen LogP contribution in [0.1, 0.15) is 6.42 Å². The van der Waals surface area contributed by atoms with Crippen LogP contribution in [0.25, 0.3) is 11.0 Å². The molecule has 1 amide bonds. The van der Waals surface area contributed by atoms with E-state index in [4.69, 9.17) is 18.9 Å². The number of carbonyl (C=O) groups excluding carboxylic acids is 1. The summed E-state index contributed by atoms with van der Waals surface area (Å²) in [4.78, 5) is 24.7. The highest BCUT2D eigenvalue weighted by atomic mass is 19.1. The lowest BCUT2D eigenvalue weighted by Crippen LogP contribution is -2.39. The molecule has 1 N–H and O–H groups in total. The van der Waals surface area contributed by atoms with Gasteiger partial charge in [-0.3, -0.25) is 9.88 Å². The number of hydrogen-bond donors (Lipinski definition) is 1. The van der Waals surface area contributed by atoms with Crippen LogP contribution < -0.4 is 29.3 Å². The second-order valence-electron chi connectivity index (χ2n) is 8.96. The number of nitrogens with zero attached hydrogens (tertiary/aromatic N) is 4. The Morgan fingerprint density at radius 2 is 2.03 bits per heavy atom. The van der Waals surface area contributed by atoms with E-state index in [2.05, 4.69) is 15.3 Å². The number of benzene rings is 1. The van der Waals surface area contributed by atoms with Gasteiger partial charge in [0.05, 0.1) is 31.1 Å². The number of methoxy groups -OCH3 is 1. The summed E-state index contributed by atoms with van der Waals surface area (Å²) < 4.78 is 36.8. The van der Waals surface area contributed by atoms with E-state index < -0.39 is 11.9 Å². The Kier molecular flexibility index (Phi) is 5.84. The minimum Gasteiger partial charge on any atom is -0.486 e. The number of aromatic nitrogens is 2. The number of nitrogens with one attached hydrogen (secondary N) is 1. The van der Waals surface area contributed by atoms with E-state index in [9.17, 15) is 9.18 Å². The van der Waals surface area contributed by atoms with E-state index >= 15 is 0 Å². The largest absolute Gasteiger partial charge is 0.486 e. The third-order valence-electron chi connectivity index (χ3n) is 6.68. The summed E-state index contributed by atoms with van der Waals surface area (Å²) in [5.41, 5.74) is 2.23. The fourth-order valence-electron chi connectivity index (χ4n) is 4.89. The average molecular weight is 496 g/mol. The molecule has 2 aromatic heterocycles. The van der Waals surface area contributed by atoms with Gasteiger partial charge < -0.3 is 29.2 Å². The number of hydrogen-bond acceptors (Lipinski definition) is 9. The van der Waals surface area contributed by atoms with Crippen LogP contribution in [0.3, 0.4) is 0 Å². The standard InChI is InChI=1S/C25H26FN5O5/c1-33-22-5-3-19-23(29-22)24(18(26)12-28-19)30-7-6-15(13-30)27-11-17-14-31(25(32)36-17)16-2-4-20-21(10-16)35-9-8-34-20/h2-5,10,12,15,17,27H,6-9,11,13-14H2,1H3/t15-,17+/m0/s1. The molecule has 3 aliphatic rings. The molecule has 2 saturated heterocycles. The normalized spacial score (nSPS) is 21.2. The molecule has 0 aliphatic carbocycles. The van der Waals surface area contributed by atoms with E-state index in [0.29, 0.717) is 79.2 Å². The maximum atomic E-state index is 14.8. The van der Waals surface area contributed by atoms with Crippen LogP contribution in [0, 0.1) is 5.82 Å². The van der Waals surface area contributed by atoms with Gasteiger partial charge >= 0.3 is 6.09 Å². The highest BCUT2D eigenvalue weighted by Crippen LogP contribution is 2.35. The summed E-state index contributed by atoms with van der Waals surface area (Å²) in [7, 11) is 1.53. The molecule has 2 fully saturated rings. The fraction of sp³-hybridized carbons (Fsp3) is 0.400. The topological polar surface area (TPSA) is 98.3 Å². The molecule has 3 aromatic rings. The van der Waals surface area contributed by atoms with Crippen molar-refractivity contribution in [2.45, 2.75) is 18.6 Å². The van der Waals surface area contributed by atoms with Gasteiger partial charge in [-0.05, 0) is 24.6 Å². The number of halogens is 1. The summed E-state index contributed by atoms with van der Waals surface area (Å²) in [6.45, 7) is 3.18. The lowest BCUT2D eigenvalue weighted by molar-refractivity contribution is 0.138. The van der Waals surface area contributed by atoms with E-state index in [0.717, 1.165) is 6.42 Å². The first kappa shape index (κ1) is 22.6. The quantitative estimate of drug-likeness (QED) is 0.554. The molecule has 2 atom stereocenters. The van der Waals surface area contributed by atoms with Crippen LogP contribution in [0.2, 0.25) is 0 Å². The van der Waals surface area contributed by atoms with Crippen molar-refractivity contribution >= 4 is 28.5 Å². The molecule has 0 unspecified atom stereocenters. The monoisotopic (exact) mass is 495 g/mol. The smallest absolute Gasteiger partial charge is 0.414 e. The Bertz CT molecular complexity index is 1310. The van der Waals surface area contributed by atoms with E-state index in [1.807, 2.05) is 17.0 Å². The van der Waals surface area contributed by atoms with Gasteiger partial charge in [0, 0.05) is 37.8 Å². The van der Waals surface area contributed by atoms with E-state index in [-0.39, 0.29) is 12.1 Å². The lowest BCUT2D eigenvalue weighted by atomic mass is 10.2. The maximum Gasteiger partial charge on any atom is 0.414 e. The summed E-state index contributed by atoms with van der Waals surface area (Å²) in [6, 6.07) is 9.04. The van der Waals surface area contributed by atoms with Crippen LogP contribution in [-0.2, 0) is 4.74 Å². The molecule has 0 radical (unpaired) electrons. The highest BCUT2D eigenvalue weighted by molar-refractivity contribution is 5.90. The third kappa shape index (κ3) is 4.19. The zero-order valence-electron chi connectivity index (χ0n) is 19.8. The van der Waals surface area contributed by atoms with Crippen molar-refractivity contribution in [3.05, 3.63) is 42.3 Å². The summed E-state index contributed by atoms with van der Waals surface area (Å²) in [5.74, 6) is 1.30. The second-order valence-corrected chi connectivity index (χ2v) is 8.96. The zero-order valence-corrected chi connectivity index (χ0v) is 19.8. The predicted molar refractivity (Wildman–Crippen MR) is 130 cm³/mol. The van der Waals surface area contributed by atoms with Crippen LogP contribution in [0.4, 0.5) is 20.6 Å². The van der Waals surface area contributed by atoms with E-state index in [1.165, 1.54) is 13.3 Å². The Balaban J connectivity index is 1.09. The maximum absolute atomic E-state index is 14.8. The summed E-state index contributed by atoms with van der Waals surface area (Å²) in [6.07, 6.45) is 1.36. The van der Waals surface area contributed by atoms with Gasteiger partial charge in [0.2, 0.25) is 5.88 Å². The number of anilines is 2. The Morgan fingerprint density at radius 1 is 1.17 bits per heavy atom. The second kappa shape index (κ2) is 9.30. The van der Waals surface area contributed by atoms with Crippen molar-refractivity contribution in [2.24, 2.45) is 0 Å². The van der Waals surface area contributed by atoms with E-state index in [1.54, 1.807) is 23.1 Å². The van der Waals surface area contributed by atoms with Gasteiger partial charge in [0.1, 0.15) is 30.5 Å². The molecule has 188 valence electrons. The van der Waals surface area contributed by atoms with Crippen molar-refractivity contribution < 1.29 is 28.1 Å². The molecule has 0 saturated carbocycles. The van der Waals surface area contributed by atoms with Crippen LogP contribution in [0.15, 0.2) is 36.5 Å². The number of carbonyl (C=O) groups is 1. The molecule has 0 bridgehead atoms. The number of pyridine rings is 2. The number of cyclic esters (lactones) is 1. The summed E-state index contributed by atoms with van der Waals surface area (Å²) in [5, 5.41) is 3.48. The lowest BCUT2D eigenvalue weighted by Gasteiger charge is -2.21. The zero-order chi connectivity index (χ0) is 24.6. The molecular weight excluding hydrogens is 469 g/mol. The van der Waals surface area contributed by atoms with Crippen LogP contribution in [-0.4, -0.2) is 74.7 Å². The molecule has 6 rings (SSSR count). The number of rotatable bonds is 6. The predicted octanol–water partition coefficient (Wildman–Crippen LogP) is 2.74. The Hall–Kier alpha value is -3.86. The van der Waals surface area contributed by atoms with Gasteiger partial charge in [-0.25, -0.2) is 14.2 Å². The first-order valence-corrected chi connectivity index (χ1v) is 11.9.